The van der Waals surface area contributed by atoms with E-state index >= 15 is 0 Å². The highest BCUT2D eigenvalue weighted by atomic mass is 16.5. The fourth-order valence-corrected chi connectivity index (χ4v) is 2.40. The summed E-state index contributed by atoms with van der Waals surface area (Å²) in [5, 5.41) is 3.30. The van der Waals surface area contributed by atoms with Crippen LogP contribution in [0.3, 0.4) is 0 Å². The first-order valence-electron chi connectivity index (χ1n) is 7.48. The van der Waals surface area contributed by atoms with Crippen molar-refractivity contribution in [2.24, 2.45) is 0 Å². The van der Waals surface area contributed by atoms with Gasteiger partial charge in [0, 0.05) is 32.7 Å². The zero-order valence-electron chi connectivity index (χ0n) is 12.8. The molecular weight excluding hydrogens is 242 g/mol. The fourth-order valence-electron chi connectivity index (χ4n) is 2.40. The summed E-state index contributed by atoms with van der Waals surface area (Å²) in [6, 6.07) is -0.138. The molecule has 112 valence electrons. The van der Waals surface area contributed by atoms with Crippen LogP contribution in [0.2, 0.25) is 0 Å². The molecule has 1 fully saturated rings. The third-order valence-electron chi connectivity index (χ3n) is 3.77. The molecule has 1 N–H and O–H groups in total. The van der Waals surface area contributed by atoms with Gasteiger partial charge in [-0.05, 0) is 27.3 Å². The minimum absolute atomic E-state index is 0.138. The summed E-state index contributed by atoms with van der Waals surface area (Å²) < 4.78 is 5.72. The maximum Gasteiger partial charge on any atom is 0.239 e. The number of morpholine rings is 1. The van der Waals surface area contributed by atoms with E-state index in [4.69, 9.17) is 4.74 Å². The zero-order valence-corrected chi connectivity index (χ0v) is 12.8. The molecule has 1 amide bonds. The molecule has 1 rings (SSSR count). The molecule has 1 saturated heterocycles. The van der Waals surface area contributed by atoms with Crippen LogP contribution in [0.25, 0.3) is 0 Å². The van der Waals surface area contributed by atoms with Crippen molar-refractivity contribution < 1.29 is 9.53 Å². The summed E-state index contributed by atoms with van der Waals surface area (Å²) in [6.45, 7) is 14.2. The van der Waals surface area contributed by atoms with Gasteiger partial charge >= 0.3 is 0 Å². The molecule has 0 aliphatic carbocycles. The summed E-state index contributed by atoms with van der Waals surface area (Å²) in [6.07, 6.45) is 0.195. The van der Waals surface area contributed by atoms with Gasteiger partial charge in [-0.15, -0.1) is 0 Å². The first-order valence-corrected chi connectivity index (χ1v) is 7.48. The van der Waals surface area contributed by atoms with Crippen LogP contribution in [0.4, 0.5) is 0 Å². The summed E-state index contributed by atoms with van der Waals surface area (Å²) in [5.74, 6) is 0.174. The lowest BCUT2D eigenvalue weighted by molar-refractivity contribution is -0.132. The Morgan fingerprint density at radius 2 is 2.11 bits per heavy atom. The van der Waals surface area contributed by atoms with Crippen LogP contribution < -0.4 is 5.32 Å². The lowest BCUT2D eigenvalue weighted by Gasteiger charge is -2.33. The van der Waals surface area contributed by atoms with E-state index in [-0.39, 0.29) is 18.1 Å². The Morgan fingerprint density at radius 1 is 1.42 bits per heavy atom. The normalized spacial score (nSPS) is 22.2. The molecule has 0 bridgehead atoms. The van der Waals surface area contributed by atoms with Gasteiger partial charge in [-0.3, -0.25) is 9.69 Å². The number of likely N-dealkylation sites (N-methyl/N-ethyl adjacent to an activating group) is 2. The van der Waals surface area contributed by atoms with Crippen LogP contribution in [-0.2, 0) is 9.53 Å². The summed E-state index contributed by atoms with van der Waals surface area (Å²) in [5.41, 5.74) is 0. The molecule has 1 aliphatic rings. The van der Waals surface area contributed by atoms with E-state index in [2.05, 4.69) is 17.1 Å². The van der Waals surface area contributed by atoms with Crippen LogP contribution in [0.5, 0.6) is 0 Å². The van der Waals surface area contributed by atoms with Crippen LogP contribution >= 0.6 is 0 Å². The summed E-state index contributed by atoms with van der Waals surface area (Å²) in [7, 11) is 0. The zero-order chi connectivity index (χ0) is 14.3. The highest BCUT2D eigenvalue weighted by Crippen LogP contribution is 2.04. The number of rotatable bonds is 7. The van der Waals surface area contributed by atoms with Gasteiger partial charge in [-0.2, -0.15) is 0 Å². The molecule has 5 heteroatoms. The second-order valence-corrected chi connectivity index (χ2v) is 5.03. The number of nitrogens with one attached hydrogen (secondary N) is 1. The highest BCUT2D eigenvalue weighted by molar-refractivity contribution is 5.81. The molecule has 0 aromatic heterocycles. The number of ether oxygens (including phenoxy) is 1. The molecule has 0 aromatic rings. The predicted octanol–water partition coefficient (Wildman–Crippen LogP) is 0.554. The average molecular weight is 271 g/mol. The van der Waals surface area contributed by atoms with Crippen molar-refractivity contribution in [1.82, 2.24) is 15.1 Å². The Labute approximate surface area is 117 Å². The monoisotopic (exact) mass is 271 g/mol. The molecule has 0 spiro atoms. The van der Waals surface area contributed by atoms with E-state index in [0.29, 0.717) is 0 Å². The van der Waals surface area contributed by atoms with Crippen LogP contribution in [0.15, 0.2) is 0 Å². The minimum atomic E-state index is -0.138. The first-order chi connectivity index (χ1) is 9.12. The number of carbonyl (C=O) groups excluding carboxylic acids is 1. The lowest BCUT2D eigenvalue weighted by Crippen LogP contribution is -2.51. The Hall–Kier alpha value is -0.650. The Bertz CT molecular complexity index is 269. The van der Waals surface area contributed by atoms with E-state index in [1.807, 2.05) is 25.7 Å². The predicted molar refractivity (Wildman–Crippen MR) is 77.2 cm³/mol. The molecule has 1 aliphatic heterocycles. The van der Waals surface area contributed by atoms with E-state index in [9.17, 15) is 4.79 Å². The first kappa shape index (κ1) is 16.4. The van der Waals surface area contributed by atoms with Crippen LogP contribution in [-0.4, -0.2) is 73.7 Å². The largest absolute Gasteiger partial charge is 0.374 e. The van der Waals surface area contributed by atoms with Gasteiger partial charge in [0.05, 0.1) is 18.8 Å². The smallest absolute Gasteiger partial charge is 0.239 e. The van der Waals surface area contributed by atoms with Crippen LogP contribution in [0, 0.1) is 0 Å². The fraction of sp³-hybridized carbons (Fsp3) is 0.929. The third-order valence-corrected chi connectivity index (χ3v) is 3.77. The van der Waals surface area contributed by atoms with Gasteiger partial charge in [-0.25, -0.2) is 0 Å². The van der Waals surface area contributed by atoms with Crippen molar-refractivity contribution in [2.45, 2.75) is 39.8 Å². The van der Waals surface area contributed by atoms with Crippen LogP contribution in [0.1, 0.15) is 27.7 Å². The lowest BCUT2D eigenvalue weighted by atomic mass is 10.2. The van der Waals surface area contributed by atoms with Crippen molar-refractivity contribution in [3.8, 4) is 0 Å². The SMILES string of the molecule is CCN1CCOC(CNC(C)C(=O)N(CC)CC)C1. The number of nitrogens with zero attached hydrogens (tertiary/aromatic N) is 2. The minimum Gasteiger partial charge on any atom is -0.374 e. The molecule has 1 heterocycles. The second kappa shape index (κ2) is 8.51. The summed E-state index contributed by atoms with van der Waals surface area (Å²) in [4.78, 5) is 16.4. The summed E-state index contributed by atoms with van der Waals surface area (Å²) >= 11 is 0. The molecule has 0 saturated carbocycles. The molecule has 2 unspecified atom stereocenters. The number of amides is 1. The standard InChI is InChI=1S/C14H29N3O2/c1-5-16-8-9-19-13(11-16)10-15-12(4)14(18)17(6-2)7-3/h12-13,15H,5-11H2,1-4H3. The molecule has 2 atom stereocenters. The third kappa shape index (κ3) is 5.09. The molecule has 0 aromatic carbocycles. The van der Waals surface area contributed by atoms with Crippen molar-refractivity contribution >= 4 is 5.91 Å². The number of hydrogen-bond acceptors (Lipinski definition) is 4. The van der Waals surface area contributed by atoms with Gasteiger partial charge < -0.3 is 15.0 Å². The average Bonchev–Trinajstić information content (AvgIpc) is 2.46. The Morgan fingerprint density at radius 3 is 2.68 bits per heavy atom. The van der Waals surface area contributed by atoms with Gasteiger partial charge in [-0.1, -0.05) is 6.92 Å². The number of hydrogen-bond donors (Lipinski definition) is 1. The quantitative estimate of drug-likeness (QED) is 0.735. The Balaban J connectivity index is 2.33. The molecule has 19 heavy (non-hydrogen) atoms. The van der Waals surface area contributed by atoms with Crippen molar-refractivity contribution in [3.63, 3.8) is 0 Å². The Kier molecular flexibility index (Phi) is 7.34. The van der Waals surface area contributed by atoms with Crippen molar-refractivity contribution in [2.75, 3.05) is 45.9 Å². The molecular formula is C14H29N3O2. The van der Waals surface area contributed by atoms with Gasteiger partial charge in [0.15, 0.2) is 0 Å². The van der Waals surface area contributed by atoms with E-state index in [1.54, 1.807) is 0 Å². The van der Waals surface area contributed by atoms with Gasteiger partial charge in [0.25, 0.3) is 0 Å². The van der Waals surface area contributed by atoms with Gasteiger partial charge in [0.1, 0.15) is 0 Å². The topological polar surface area (TPSA) is 44.8 Å². The van der Waals surface area contributed by atoms with Gasteiger partial charge in [0.2, 0.25) is 5.91 Å². The second-order valence-electron chi connectivity index (χ2n) is 5.03. The van der Waals surface area contributed by atoms with E-state index in [1.165, 1.54) is 0 Å². The highest BCUT2D eigenvalue weighted by Gasteiger charge is 2.22. The van der Waals surface area contributed by atoms with Crippen molar-refractivity contribution in [3.05, 3.63) is 0 Å². The van der Waals surface area contributed by atoms with Crippen molar-refractivity contribution in [1.29, 1.82) is 0 Å². The van der Waals surface area contributed by atoms with E-state index in [0.717, 1.165) is 45.9 Å². The van der Waals surface area contributed by atoms with E-state index < -0.39 is 0 Å². The maximum atomic E-state index is 12.1. The number of carbonyl (C=O) groups is 1. The maximum absolute atomic E-state index is 12.1. The molecule has 5 nitrogen and oxygen atoms in total. The molecule has 0 radical (unpaired) electrons.